The van der Waals surface area contributed by atoms with Crippen LogP contribution in [0.25, 0.3) is 0 Å². The average molecular weight is 344 g/mol. The molecule has 9 heteroatoms. The summed E-state index contributed by atoms with van der Waals surface area (Å²) in [5.41, 5.74) is 0. The number of rotatable bonds is 7. The monoisotopic (exact) mass is 344 g/mol. The van der Waals surface area contributed by atoms with Gasteiger partial charge in [-0.1, -0.05) is 6.92 Å². The minimum absolute atomic E-state index is 0.0161. The molecule has 23 heavy (non-hydrogen) atoms. The van der Waals surface area contributed by atoms with Crippen molar-refractivity contribution in [3.05, 3.63) is 17.9 Å². The summed E-state index contributed by atoms with van der Waals surface area (Å²) in [4.78, 5) is 24.6. The van der Waals surface area contributed by atoms with Crippen LogP contribution < -0.4 is 5.32 Å². The summed E-state index contributed by atoms with van der Waals surface area (Å²) in [6, 6.07) is 2.64. The first-order chi connectivity index (χ1) is 10.7. The first-order valence-corrected chi connectivity index (χ1v) is 9.16. The Morgan fingerprint density at radius 3 is 2.52 bits per heavy atom. The Morgan fingerprint density at radius 1 is 1.39 bits per heavy atom. The molecule has 0 bridgehead atoms. The molecule has 2 N–H and O–H groups in total. The van der Waals surface area contributed by atoms with Gasteiger partial charge in [-0.15, -0.1) is 0 Å². The van der Waals surface area contributed by atoms with E-state index in [-0.39, 0.29) is 29.5 Å². The fourth-order valence-corrected chi connectivity index (χ4v) is 3.13. The van der Waals surface area contributed by atoms with E-state index in [2.05, 4.69) is 5.32 Å². The molecule has 0 spiro atoms. The lowest BCUT2D eigenvalue weighted by Gasteiger charge is -2.42. The van der Waals surface area contributed by atoms with Crippen molar-refractivity contribution in [1.82, 2.24) is 10.2 Å². The van der Waals surface area contributed by atoms with E-state index in [4.69, 9.17) is 9.52 Å². The van der Waals surface area contributed by atoms with E-state index in [9.17, 15) is 18.0 Å². The third-order valence-electron chi connectivity index (χ3n) is 3.88. The summed E-state index contributed by atoms with van der Waals surface area (Å²) in [7, 11) is -3.48. The van der Waals surface area contributed by atoms with Crippen LogP contribution in [0.3, 0.4) is 0 Å². The molecule has 128 valence electrons. The van der Waals surface area contributed by atoms with E-state index in [0.717, 1.165) is 6.26 Å². The van der Waals surface area contributed by atoms with Crippen LogP contribution in [-0.4, -0.2) is 61.7 Å². The molecule has 1 aromatic rings. The fraction of sp³-hybridized carbons (Fsp3) is 0.571. The van der Waals surface area contributed by atoms with E-state index in [1.54, 1.807) is 0 Å². The number of hydrogen-bond donors (Lipinski definition) is 2. The molecular formula is C14H20N2O6S. The zero-order valence-electron chi connectivity index (χ0n) is 13.0. The van der Waals surface area contributed by atoms with Crippen molar-refractivity contribution in [3.63, 3.8) is 0 Å². The van der Waals surface area contributed by atoms with E-state index in [1.807, 2.05) is 11.8 Å². The van der Waals surface area contributed by atoms with Gasteiger partial charge in [0.2, 0.25) is 14.9 Å². The number of carboxylic acids is 1. The summed E-state index contributed by atoms with van der Waals surface area (Å²) < 4.78 is 27.7. The van der Waals surface area contributed by atoms with Crippen molar-refractivity contribution in [1.29, 1.82) is 0 Å². The van der Waals surface area contributed by atoms with Crippen molar-refractivity contribution < 1.29 is 27.5 Å². The summed E-state index contributed by atoms with van der Waals surface area (Å²) in [5, 5.41) is 11.4. The first-order valence-electron chi connectivity index (χ1n) is 7.27. The van der Waals surface area contributed by atoms with Crippen LogP contribution in [0.4, 0.5) is 0 Å². The highest BCUT2D eigenvalue weighted by Gasteiger charge is 2.35. The van der Waals surface area contributed by atoms with Gasteiger partial charge in [-0.05, 0) is 31.5 Å². The molecule has 1 aromatic heterocycles. The van der Waals surface area contributed by atoms with Crippen molar-refractivity contribution in [2.45, 2.75) is 36.9 Å². The number of carboxylic acid groups (broad SMARTS) is 1. The quantitative estimate of drug-likeness (QED) is 0.733. The Kier molecular flexibility index (Phi) is 5.10. The number of nitrogens with zero attached hydrogens (tertiary/aromatic N) is 1. The minimum Gasteiger partial charge on any atom is -0.480 e. The highest BCUT2D eigenvalue weighted by molar-refractivity contribution is 7.90. The number of nitrogens with one attached hydrogen (secondary N) is 1. The molecule has 1 aliphatic carbocycles. The van der Waals surface area contributed by atoms with Crippen molar-refractivity contribution >= 4 is 21.7 Å². The number of likely N-dealkylation sites (N-methyl/N-ethyl adjacent to an activating group) is 1. The van der Waals surface area contributed by atoms with Gasteiger partial charge in [-0.25, -0.2) is 8.42 Å². The zero-order valence-corrected chi connectivity index (χ0v) is 13.8. The van der Waals surface area contributed by atoms with Crippen LogP contribution in [0, 0.1) is 0 Å². The molecular weight excluding hydrogens is 324 g/mol. The van der Waals surface area contributed by atoms with Gasteiger partial charge in [0.15, 0.2) is 5.76 Å². The van der Waals surface area contributed by atoms with Crippen LogP contribution in [0.1, 0.15) is 30.3 Å². The molecule has 1 amide bonds. The highest BCUT2D eigenvalue weighted by Crippen LogP contribution is 2.26. The number of hydrogen-bond acceptors (Lipinski definition) is 6. The predicted molar refractivity (Wildman–Crippen MR) is 81.0 cm³/mol. The topological polar surface area (TPSA) is 117 Å². The number of amides is 1. The lowest BCUT2D eigenvalue weighted by molar-refractivity contribution is -0.139. The number of aliphatic carboxylic acids is 1. The van der Waals surface area contributed by atoms with Crippen molar-refractivity contribution in [3.8, 4) is 0 Å². The third kappa shape index (κ3) is 4.32. The number of carbonyl (C=O) groups excluding carboxylic acids is 1. The third-order valence-corrected chi connectivity index (χ3v) is 4.83. The minimum atomic E-state index is -3.48. The molecule has 0 unspecified atom stereocenters. The van der Waals surface area contributed by atoms with Crippen molar-refractivity contribution in [2.75, 3.05) is 19.3 Å². The van der Waals surface area contributed by atoms with Crippen molar-refractivity contribution in [2.24, 2.45) is 0 Å². The van der Waals surface area contributed by atoms with Crippen LogP contribution in [0.2, 0.25) is 0 Å². The number of sulfone groups is 1. The second-order valence-corrected chi connectivity index (χ2v) is 7.59. The summed E-state index contributed by atoms with van der Waals surface area (Å²) in [5.74, 6) is -1.39. The molecule has 0 atom stereocenters. The van der Waals surface area contributed by atoms with Gasteiger partial charge in [0.25, 0.3) is 5.91 Å². The Bertz CT molecular complexity index is 690. The molecule has 0 aliphatic heterocycles. The molecule has 1 heterocycles. The molecule has 1 aliphatic rings. The second-order valence-electron chi connectivity index (χ2n) is 5.64. The Hall–Kier alpha value is -1.87. The van der Waals surface area contributed by atoms with Gasteiger partial charge in [-0.3, -0.25) is 14.5 Å². The van der Waals surface area contributed by atoms with Gasteiger partial charge in [-0.2, -0.15) is 0 Å². The summed E-state index contributed by atoms with van der Waals surface area (Å²) in [6.07, 6.45) is 2.32. The average Bonchev–Trinajstić information content (AvgIpc) is 2.89. The maximum atomic E-state index is 12.0. The van der Waals surface area contributed by atoms with Gasteiger partial charge in [0.1, 0.15) is 0 Å². The van der Waals surface area contributed by atoms with Crippen LogP contribution in [0.5, 0.6) is 0 Å². The maximum Gasteiger partial charge on any atom is 0.317 e. The Balaban J connectivity index is 1.86. The highest BCUT2D eigenvalue weighted by atomic mass is 32.2. The maximum absolute atomic E-state index is 12.0. The Morgan fingerprint density at radius 2 is 2.04 bits per heavy atom. The molecule has 0 saturated heterocycles. The first kappa shape index (κ1) is 17.5. The summed E-state index contributed by atoms with van der Waals surface area (Å²) >= 11 is 0. The lowest BCUT2D eigenvalue weighted by atomic mass is 9.85. The van der Waals surface area contributed by atoms with Gasteiger partial charge in [0, 0.05) is 18.3 Å². The van der Waals surface area contributed by atoms with Gasteiger partial charge < -0.3 is 14.8 Å². The number of carbonyl (C=O) groups is 2. The molecule has 2 rings (SSSR count). The SMILES string of the molecule is CCN(CC(=O)O)C1CC(NC(=O)c2ccc(S(C)(=O)=O)o2)C1. The van der Waals surface area contributed by atoms with Crippen LogP contribution in [-0.2, 0) is 14.6 Å². The second kappa shape index (κ2) is 6.71. The van der Waals surface area contributed by atoms with E-state index in [0.29, 0.717) is 19.4 Å². The molecule has 0 aromatic carbocycles. The largest absolute Gasteiger partial charge is 0.480 e. The molecule has 8 nitrogen and oxygen atoms in total. The summed E-state index contributed by atoms with van der Waals surface area (Å²) in [6.45, 7) is 2.51. The fourth-order valence-electron chi connectivity index (χ4n) is 2.57. The molecule has 1 fully saturated rings. The molecule has 1 saturated carbocycles. The van der Waals surface area contributed by atoms with Gasteiger partial charge in [0.05, 0.1) is 6.54 Å². The normalized spacial score (nSPS) is 21.0. The van der Waals surface area contributed by atoms with E-state index in [1.165, 1.54) is 12.1 Å². The zero-order chi connectivity index (χ0) is 17.2. The number of furan rings is 1. The predicted octanol–water partition coefficient (Wildman–Crippen LogP) is 0.350. The van der Waals surface area contributed by atoms with Crippen LogP contribution >= 0.6 is 0 Å². The van der Waals surface area contributed by atoms with Crippen LogP contribution in [0.15, 0.2) is 21.6 Å². The molecule has 0 radical (unpaired) electrons. The standard InChI is InChI=1S/C14H20N2O6S/c1-3-16(8-12(17)18)10-6-9(7-10)15-14(19)11-4-5-13(22-11)23(2,20)21/h4-5,9-10H,3,6-8H2,1-2H3,(H,15,19)(H,17,18). The lowest BCUT2D eigenvalue weighted by Crippen LogP contribution is -2.54. The smallest absolute Gasteiger partial charge is 0.317 e. The Labute approximate surface area is 134 Å². The van der Waals surface area contributed by atoms with E-state index >= 15 is 0 Å². The van der Waals surface area contributed by atoms with Gasteiger partial charge >= 0.3 is 5.97 Å². The van der Waals surface area contributed by atoms with E-state index < -0.39 is 21.7 Å².